The van der Waals surface area contributed by atoms with Gasteiger partial charge in [-0.1, -0.05) is 30.3 Å². The Labute approximate surface area is 128 Å². The van der Waals surface area contributed by atoms with E-state index in [1.807, 2.05) is 0 Å². The molecule has 0 unspecified atom stereocenters. The molecule has 0 aromatic heterocycles. The third-order valence-electron chi connectivity index (χ3n) is 3.62. The Hall–Kier alpha value is -1.80. The minimum Gasteiger partial charge on any atom is -0.344 e. The van der Waals surface area contributed by atoms with Gasteiger partial charge >= 0.3 is 0 Å². The van der Waals surface area contributed by atoms with E-state index in [2.05, 4.69) is 93.5 Å². The molecule has 0 fully saturated rings. The number of anilines is 2. The molecule has 2 heteroatoms. The molecule has 0 aliphatic carbocycles. The van der Waals surface area contributed by atoms with Crippen LogP contribution in [0.4, 0.5) is 11.4 Å². The van der Waals surface area contributed by atoms with Crippen molar-refractivity contribution in [2.24, 2.45) is 0 Å². The highest BCUT2D eigenvalue weighted by Crippen LogP contribution is 2.26. The van der Waals surface area contributed by atoms with Crippen LogP contribution in [-0.2, 0) is 6.54 Å². The van der Waals surface area contributed by atoms with Crippen LogP contribution in [0.3, 0.4) is 0 Å². The molecular weight excluding hydrogens is 256 g/mol. The standard InChI is InChI=1S/C19H26N2/c1-15-8-6-7-9-18(15)21(5)17-12-10-16(11-13-17)14-20-19(2,3)4/h6-13,20H,14H2,1-5H3. The number of hydrogen-bond acceptors (Lipinski definition) is 2. The first kappa shape index (κ1) is 15.6. The molecule has 0 bridgehead atoms. The number of aryl methyl sites for hydroxylation is 1. The maximum Gasteiger partial charge on any atom is 0.0437 e. The fraction of sp³-hybridized carbons (Fsp3) is 0.368. The Balaban J connectivity index is 2.10. The van der Waals surface area contributed by atoms with Crippen molar-refractivity contribution < 1.29 is 0 Å². The molecule has 0 aliphatic rings. The van der Waals surface area contributed by atoms with Crippen LogP contribution in [0.2, 0.25) is 0 Å². The summed E-state index contributed by atoms with van der Waals surface area (Å²) in [6.45, 7) is 9.61. The SMILES string of the molecule is Cc1ccccc1N(C)c1ccc(CNC(C)(C)C)cc1. The summed E-state index contributed by atoms with van der Waals surface area (Å²) in [6.07, 6.45) is 0. The third-order valence-corrected chi connectivity index (χ3v) is 3.62. The summed E-state index contributed by atoms with van der Waals surface area (Å²) in [4.78, 5) is 2.23. The summed E-state index contributed by atoms with van der Waals surface area (Å²) in [5.41, 5.74) is 5.21. The van der Waals surface area contributed by atoms with Crippen LogP contribution in [0.25, 0.3) is 0 Å². The number of nitrogens with zero attached hydrogens (tertiary/aromatic N) is 1. The summed E-state index contributed by atoms with van der Waals surface area (Å²) >= 11 is 0. The van der Waals surface area contributed by atoms with Gasteiger partial charge < -0.3 is 10.2 Å². The molecule has 0 amide bonds. The molecular formula is C19H26N2. The fourth-order valence-electron chi connectivity index (χ4n) is 2.28. The molecule has 2 nitrogen and oxygen atoms in total. The molecule has 2 aromatic carbocycles. The molecule has 0 heterocycles. The molecule has 0 saturated carbocycles. The van der Waals surface area contributed by atoms with Crippen molar-refractivity contribution in [1.29, 1.82) is 0 Å². The van der Waals surface area contributed by atoms with Crippen LogP contribution in [0.15, 0.2) is 48.5 Å². The largest absolute Gasteiger partial charge is 0.344 e. The quantitative estimate of drug-likeness (QED) is 0.878. The Morgan fingerprint density at radius 3 is 2.14 bits per heavy atom. The van der Waals surface area contributed by atoms with Crippen molar-refractivity contribution in [1.82, 2.24) is 5.32 Å². The van der Waals surface area contributed by atoms with Crippen LogP contribution < -0.4 is 10.2 Å². The van der Waals surface area contributed by atoms with E-state index in [4.69, 9.17) is 0 Å². The van der Waals surface area contributed by atoms with Gasteiger partial charge in [-0.25, -0.2) is 0 Å². The van der Waals surface area contributed by atoms with Gasteiger partial charge in [0.1, 0.15) is 0 Å². The van der Waals surface area contributed by atoms with Crippen molar-refractivity contribution in [3.63, 3.8) is 0 Å². The molecule has 112 valence electrons. The van der Waals surface area contributed by atoms with Gasteiger partial charge in [-0.15, -0.1) is 0 Å². The Bertz CT molecular complexity index is 579. The van der Waals surface area contributed by atoms with Gasteiger partial charge in [0, 0.05) is 30.5 Å². The maximum absolute atomic E-state index is 3.51. The first-order chi connectivity index (χ1) is 9.87. The summed E-state index contributed by atoms with van der Waals surface area (Å²) in [5, 5.41) is 3.51. The summed E-state index contributed by atoms with van der Waals surface area (Å²) in [5.74, 6) is 0. The molecule has 0 atom stereocenters. The van der Waals surface area contributed by atoms with E-state index in [0.29, 0.717) is 0 Å². The molecule has 0 saturated heterocycles. The zero-order valence-corrected chi connectivity index (χ0v) is 13.8. The van der Waals surface area contributed by atoms with Crippen molar-refractivity contribution in [3.05, 3.63) is 59.7 Å². The van der Waals surface area contributed by atoms with Gasteiger partial charge in [0.2, 0.25) is 0 Å². The normalized spacial score (nSPS) is 11.5. The van der Waals surface area contributed by atoms with E-state index in [-0.39, 0.29) is 5.54 Å². The van der Waals surface area contributed by atoms with Gasteiger partial charge in [-0.3, -0.25) is 0 Å². The van der Waals surface area contributed by atoms with E-state index < -0.39 is 0 Å². The van der Waals surface area contributed by atoms with E-state index in [1.165, 1.54) is 22.5 Å². The smallest absolute Gasteiger partial charge is 0.0437 e. The first-order valence-corrected chi connectivity index (χ1v) is 7.50. The average molecular weight is 282 g/mol. The molecule has 2 aromatic rings. The number of nitrogens with one attached hydrogen (secondary N) is 1. The first-order valence-electron chi connectivity index (χ1n) is 7.50. The van der Waals surface area contributed by atoms with Crippen molar-refractivity contribution >= 4 is 11.4 Å². The fourth-order valence-corrected chi connectivity index (χ4v) is 2.28. The minimum absolute atomic E-state index is 0.149. The number of hydrogen-bond donors (Lipinski definition) is 1. The average Bonchev–Trinajstić information content (AvgIpc) is 2.45. The summed E-state index contributed by atoms with van der Waals surface area (Å²) < 4.78 is 0. The van der Waals surface area contributed by atoms with Crippen LogP contribution in [-0.4, -0.2) is 12.6 Å². The molecule has 0 spiro atoms. The lowest BCUT2D eigenvalue weighted by Crippen LogP contribution is -2.35. The van der Waals surface area contributed by atoms with Crippen LogP contribution in [0.1, 0.15) is 31.9 Å². The molecule has 2 rings (SSSR count). The van der Waals surface area contributed by atoms with Gasteiger partial charge in [0.15, 0.2) is 0 Å². The van der Waals surface area contributed by atoms with E-state index in [9.17, 15) is 0 Å². The third kappa shape index (κ3) is 4.33. The zero-order valence-electron chi connectivity index (χ0n) is 13.8. The minimum atomic E-state index is 0.149. The second-order valence-corrected chi connectivity index (χ2v) is 6.62. The van der Waals surface area contributed by atoms with Gasteiger partial charge in [-0.05, 0) is 57.0 Å². The molecule has 1 N–H and O–H groups in total. The van der Waals surface area contributed by atoms with Crippen LogP contribution in [0, 0.1) is 6.92 Å². The molecule has 0 aliphatic heterocycles. The highest BCUT2D eigenvalue weighted by Gasteiger charge is 2.09. The van der Waals surface area contributed by atoms with E-state index in [1.54, 1.807) is 0 Å². The Kier molecular flexibility index (Phi) is 4.69. The van der Waals surface area contributed by atoms with Crippen LogP contribution >= 0.6 is 0 Å². The molecule has 0 radical (unpaired) electrons. The summed E-state index contributed by atoms with van der Waals surface area (Å²) in [7, 11) is 2.12. The topological polar surface area (TPSA) is 15.3 Å². The van der Waals surface area contributed by atoms with E-state index >= 15 is 0 Å². The lowest BCUT2D eigenvalue weighted by atomic mass is 10.1. The predicted octanol–water partition coefficient (Wildman–Crippen LogP) is 4.65. The van der Waals surface area contributed by atoms with Crippen molar-refractivity contribution in [3.8, 4) is 0 Å². The Morgan fingerprint density at radius 2 is 1.57 bits per heavy atom. The second-order valence-electron chi connectivity index (χ2n) is 6.62. The monoisotopic (exact) mass is 282 g/mol. The Morgan fingerprint density at radius 1 is 0.952 bits per heavy atom. The van der Waals surface area contributed by atoms with Gasteiger partial charge in [0.05, 0.1) is 0 Å². The number of rotatable bonds is 4. The second kappa shape index (κ2) is 6.31. The number of benzene rings is 2. The van der Waals surface area contributed by atoms with E-state index in [0.717, 1.165) is 6.54 Å². The highest BCUT2D eigenvalue weighted by atomic mass is 15.1. The number of para-hydroxylation sites is 1. The highest BCUT2D eigenvalue weighted by molar-refractivity contribution is 5.65. The lowest BCUT2D eigenvalue weighted by Gasteiger charge is -2.23. The van der Waals surface area contributed by atoms with Gasteiger partial charge in [-0.2, -0.15) is 0 Å². The molecule has 21 heavy (non-hydrogen) atoms. The summed E-state index contributed by atoms with van der Waals surface area (Å²) in [6, 6.07) is 17.2. The van der Waals surface area contributed by atoms with Crippen molar-refractivity contribution in [2.75, 3.05) is 11.9 Å². The van der Waals surface area contributed by atoms with Crippen molar-refractivity contribution in [2.45, 2.75) is 39.8 Å². The zero-order chi connectivity index (χ0) is 15.5. The van der Waals surface area contributed by atoms with Crippen LogP contribution in [0.5, 0.6) is 0 Å². The predicted molar refractivity (Wildman–Crippen MR) is 92.3 cm³/mol. The maximum atomic E-state index is 3.51. The van der Waals surface area contributed by atoms with Gasteiger partial charge in [0.25, 0.3) is 0 Å². The lowest BCUT2D eigenvalue weighted by molar-refractivity contribution is 0.424.